The summed E-state index contributed by atoms with van der Waals surface area (Å²) in [7, 11) is 0. The predicted octanol–water partition coefficient (Wildman–Crippen LogP) is 4.44. The van der Waals surface area contributed by atoms with Crippen molar-refractivity contribution in [1.82, 2.24) is 0 Å². The zero-order valence-corrected chi connectivity index (χ0v) is 13.3. The van der Waals surface area contributed by atoms with E-state index in [2.05, 4.69) is 40.7 Å². The van der Waals surface area contributed by atoms with E-state index >= 15 is 0 Å². The minimum atomic E-state index is 0.618. The average molecular weight is 291 g/mol. The average Bonchev–Trinajstić information content (AvgIpc) is 2.65. The molecule has 0 aromatic carbocycles. The van der Waals surface area contributed by atoms with Gasteiger partial charge in [0.1, 0.15) is 0 Å². The normalized spacial score (nSPS) is 26.0. The van der Waals surface area contributed by atoms with E-state index in [9.17, 15) is 0 Å². The van der Waals surface area contributed by atoms with Crippen LogP contribution in [0.15, 0.2) is 42.8 Å². The molecule has 0 N–H and O–H groups in total. The van der Waals surface area contributed by atoms with Crippen molar-refractivity contribution in [1.29, 1.82) is 0 Å². The second-order valence-electron chi connectivity index (χ2n) is 5.01. The van der Waals surface area contributed by atoms with Gasteiger partial charge in [-0.25, -0.2) is 0 Å². The summed E-state index contributed by atoms with van der Waals surface area (Å²) in [6, 6.07) is 0. The molecule has 0 aliphatic heterocycles. The van der Waals surface area contributed by atoms with Gasteiger partial charge in [0.2, 0.25) is 0 Å². The summed E-state index contributed by atoms with van der Waals surface area (Å²) in [5, 5.41) is 0. The molecule has 0 radical (unpaired) electrons. The maximum atomic E-state index is 2.38. The Balaban J connectivity index is 2.54. The maximum absolute atomic E-state index is 2.38. The number of hydrogen-bond donors (Lipinski definition) is 0. The summed E-state index contributed by atoms with van der Waals surface area (Å²) < 4.78 is 1.63. The van der Waals surface area contributed by atoms with E-state index in [1.807, 2.05) is 0 Å². The van der Waals surface area contributed by atoms with Gasteiger partial charge in [0.15, 0.2) is 0 Å². The predicted molar refractivity (Wildman–Crippen MR) is 65.6 cm³/mol. The quantitative estimate of drug-likeness (QED) is 0.670. The van der Waals surface area contributed by atoms with Gasteiger partial charge in [-0.3, -0.25) is 0 Å². The van der Waals surface area contributed by atoms with Gasteiger partial charge in [-0.15, -0.1) is 0 Å². The first-order valence-electron chi connectivity index (χ1n) is 5.96. The van der Waals surface area contributed by atoms with E-state index in [0.717, 1.165) is 0 Å². The standard InChI is InChI=1S/C15H19.Zr/c1-9-7-6-8-14(9)15-12(4)10(2)11(3)13(15)5;/h7,12H,6H2,1-5H3;. The van der Waals surface area contributed by atoms with Crippen LogP contribution < -0.4 is 0 Å². The van der Waals surface area contributed by atoms with Crippen LogP contribution in [-0.4, -0.2) is 0 Å². The van der Waals surface area contributed by atoms with Crippen LogP contribution in [0.2, 0.25) is 0 Å². The van der Waals surface area contributed by atoms with Crippen LogP contribution in [0.3, 0.4) is 0 Å². The van der Waals surface area contributed by atoms with Crippen molar-refractivity contribution in [3.8, 4) is 0 Å². The Morgan fingerprint density at radius 1 is 1.12 bits per heavy atom. The van der Waals surface area contributed by atoms with E-state index < -0.39 is 0 Å². The molecule has 0 aromatic heterocycles. The Kier molecular flexibility index (Phi) is 3.28. The molecule has 16 heavy (non-hydrogen) atoms. The summed E-state index contributed by atoms with van der Waals surface area (Å²) >= 11 is 1.58. The molecule has 0 aromatic rings. The molecule has 0 saturated carbocycles. The fourth-order valence-electron chi connectivity index (χ4n) is 2.84. The molecule has 0 spiro atoms. The zero-order valence-electron chi connectivity index (χ0n) is 10.9. The van der Waals surface area contributed by atoms with Gasteiger partial charge in [0, 0.05) is 0 Å². The van der Waals surface area contributed by atoms with Crippen molar-refractivity contribution in [3.05, 3.63) is 42.8 Å². The molecule has 2 aliphatic carbocycles. The van der Waals surface area contributed by atoms with Gasteiger partial charge >= 0.3 is 114 Å². The molecule has 2 aliphatic rings. The van der Waals surface area contributed by atoms with Crippen molar-refractivity contribution in [2.24, 2.45) is 5.92 Å². The Bertz CT molecular complexity index is 470. The molecule has 0 nitrogen and oxygen atoms in total. The molecule has 0 fully saturated rings. The van der Waals surface area contributed by atoms with E-state index in [-0.39, 0.29) is 0 Å². The zero-order chi connectivity index (χ0) is 12.0. The Morgan fingerprint density at radius 3 is 2.12 bits per heavy atom. The molecule has 0 saturated heterocycles. The third kappa shape index (κ3) is 1.68. The fourth-order valence-corrected chi connectivity index (χ4v) is 3.91. The molecule has 0 bridgehead atoms. The van der Waals surface area contributed by atoms with Crippen molar-refractivity contribution in [3.63, 3.8) is 0 Å². The Hall–Kier alpha value is -0.157. The van der Waals surface area contributed by atoms with Crippen LogP contribution in [-0.2, 0) is 24.7 Å². The number of rotatable bonds is 1. The second-order valence-corrected chi connectivity index (χ2v) is 6.50. The van der Waals surface area contributed by atoms with Gasteiger partial charge < -0.3 is 0 Å². The molecule has 1 unspecified atom stereocenters. The Morgan fingerprint density at radius 2 is 1.75 bits per heavy atom. The number of allylic oxidation sites excluding steroid dienone is 8. The van der Waals surface area contributed by atoms with Crippen molar-refractivity contribution in [2.45, 2.75) is 41.0 Å². The van der Waals surface area contributed by atoms with Gasteiger partial charge in [0.25, 0.3) is 0 Å². The summed E-state index contributed by atoms with van der Waals surface area (Å²) in [5.41, 5.74) is 9.28. The van der Waals surface area contributed by atoms with Crippen LogP contribution in [0.1, 0.15) is 41.0 Å². The van der Waals surface area contributed by atoms with E-state index in [0.29, 0.717) is 5.92 Å². The topological polar surface area (TPSA) is 0 Å². The third-order valence-electron chi connectivity index (χ3n) is 4.22. The molecule has 0 amide bonds. The summed E-state index contributed by atoms with van der Waals surface area (Å²) in [6.07, 6.45) is 3.57. The van der Waals surface area contributed by atoms with Crippen molar-refractivity contribution >= 4 is 0 Å². The SMILES string of the molecule is CC1=CC[C]([Zr])=C1C1=C(C)C(C)=C(C)C1C. The minimum absolute atomic E-state index is 0.618. The van der Waals surface area contributed by atoms with Crippen LogP contribution in [0.4, 0.5) is 0 Å². The van der Waals surface area contributed by atoms with Crippen LogP contribution in [0.25, 0.3) is 0 Å². The van der Waals surface area contributed by atoms with Gasteiger partial charge in [-0.2, -0.15) is 0 Å². The van der Waals surface area contributed by atoms with E-state index in [4.69, 9.17) is 0 Å². The molecule has 2 rings (SSSR count). The van der Waals surface area contributed by atoms with Crippen molar-refractivity contribution < 1.29 is 24.7 Å². The molecule has 1 heteroatoms. The van der Waals surface area contributed by atoms with Gasteiger partial charge in [0.05, 0.1) is 0 Å². The Labute approximate surface area is 114 Å². The summed E-state index contributed by atoms with van der Waals surface area (Å²) in [5.74, 6) is 0.618. The van der Waals surface area contributed by atoms with Crippen LogP contribution in [0.5, 0.6) is 0 Å². The monoisotopic (exact) mass is 289 g/mol. The van der Waals surface area contributed by atoms with Gasteiger partial charge in [-0.05, 0) is 0 Å². The first-order valence-corrected chi connectivity index (χ1v) is 7.18. The third-order valence-corrected chi connectivity index (χ3v) is 5.33. The van der Waals surface area contributed by atoms with Crippen molar-refractivity contribution in [2.75, 3.05) is 0 Å². The number of hydrogen-bond acceptors (Lipinski definition) is 0. The van der Waals surface area contributed by atoms with E-state index in [1.165, 1.54) is 23.1 Å². The van der Waals surface area contributed by atoms with Gasteiger partial charge in [-0.1, -0.05) is 0 Å². The summed E-state index contributed by atoms with van der Waals surface area (Å²) in [4.78, 5) is 0. The first kappa shape index (κ1) is 12.3. The van der Waals surface area contributed by atoms with E-state index in [1.54, 1.807) is 44.7 Å². The first-order chi connectivity index (χ1) is 7.45. The van der Waals surface area contributed by atoms with Crippen LogP contribution in [0, 0.1) is 5.92 Å². The molecule has 0 heterocycles. The summed E-state index contributed by atoms with van der Waals surface area (Å²) in [6.45, 7) is 11.5. The fraction of sp³-hybridized carbons (Fsp3) is 0.467. The molecular weight excluding hydrogens is 271 g/mol. The molecule has 83 valence electrons. The molecule has 1 atom stereocenters. The molecular formula is C15H19Zr. The van der Waals surface area contributed by atoms with Crippen LogP contribution >= 0.6 is 0 Å². The second kappa shape index (κ2) is 4.26.